The molecule has 0 aromatic heterocycles. The van der Waals surface area contributed by atoms with E-state index in [4.69, 9.17) is 9.47 Å². The van der Waals surface area contributed by atoms with E-state index in [0.717, 1.165) is 61.8 Å². The molecule has 39 heavy (non-hydrogen) atoms. The second-order valence-corrected chi connectivity index (χ2v) is 11.6. The van der Waals surface area contributed by atoms with E-state index in [1.807, 2.05) is 12.1 Å². The number of rotatable bonds is 11. The molecule has 0 spiro atoms. The molecule has 5 nitrogen and oxygen atoms in total. The number of hydrogen-bond acceptors (Lipinski definition) is 4. The van der Waals surface area contributed by atoms with E-state index in [1.54, 1.807) is 7.11 Å². The molecule has 1 atom stereocenters. The van der Waals surface area contributed by atoms with Crippen LogP contribution in [0.1, 0.15) is 67.9 Å². The summed E-state index contributed by atoms with van der Waals surface area (Å²) in [5, 5.41) is 9.37. The highest BCUT2D eigenvalue weighted by Gasteiger charge is 2.34. The number of carboxylic acids is 1. The molecule has 0 bridgehead atoms. The minimum absolute atomic E-state index is 0.0938. The second-order valence-electron chi connectivity index (χ2n) is 11.6. The quantitative estimate of drug-likeness (QED) is 0.281. The summed E-state index contributed by atoms with van der Waals surface area (Å²) < 4.78 is 11.9. The maximum atomic E-state index is 11.4. The van der Waals surface area contributed by atoms with Crippen LogP contribution in [0.3, 0.4) is 0 Å². The van der Waals surface area contributed by atoms with Crippen molar-refractivity contribution in [2.75, 3.05) is 31.7 Å². The molecule has 3 aromatic carbocycles. The van der Waals surface area contributed by atoms with Crippen molar-refractivity contribution in [2.45, 2.75) is 56.8 Å². The van der Waals surface area contributed by atoms with Crippen molar-refractivity contribution in [1.82, 2.24) is 0 Å². The number of hydrogen-bond donors (Lipinski definition) is 1. The lowest BCUT2D eigenvalue weighted by Crippen LogP contribution is -2.35. The molecule has 1 saturated heterocycles. The molecule has 3 fully saturated rings. The average Bonchev–Trinajstić information content (AvgIpc) is 3.89. The van der Waals surface area contributed by atoms with Crippen LogP contribution in [0.15, 0.2) is 66.7 Å². The third kappa shape index (κ3) is 6.24. The Balaban J connectivity index is 1.09. The van der Waals surface area contributed by atoms with Gasteiger partial charge in [0.1, 0.15) is 11.5 Å². The Kier molecular flexibility index (Phi) is 7.49. The van der Waals surface area contributed by atoms with Gasteiger partial charge in [-0.3, -0.25) is 4.79 Å². The molecule has 2 saturated carbocycles. The molecule has 0 radical (unpaired) electrons. The third-order valence-corrected chi connectivity index (χ3v) is 8.79. The molecule has 0 unspecified atom stereocenters. The highest BCUT2D eigenvalue weighted by Crippen LogP contribution is 2.45. The van der Waals surface area contributed by atoms with Gasteiger partial charge in [0.15, 0.2) is 0 Å². The Morgan fingerprint density at radius 1 is 0.923 bits per heavy atom. The number of benzene rings is 3. The standard InChI is InChI=1S/C34H39NO4/c1-38-29-13-14-31(26-9-7-25(8-10-26)24-5-6-24)33(20-29)35-17-15-23(16-18-35)22-39-30-4-2-3-28(19-30)32(21-34(36)37)27-11-12-27/h2-4,7-10,13-14,19-20,23-24,27,32H,5-6,11-12,15-18,21-22H2,1H3,(H,36,37)/t32-/m0/s1. The Morgan fingerprint density at radius 3 is 2.36 bits per heavy atom. The zero-order valence-electron chi connectivity index (χ0n) is 22.9. The Bertz CT molecular complexity index is 1290. The lowest BCUT2D eigenvalue weighted by molar-refractivity contribution is -0.137. The first-order valence-corrected chi connectivity index (χ1v) is 14.5. The van der Waals surface area contributed by atoms with Crippen molar-refractivity contribution in [3.63, 3.8) is 0 Å². The van der Waals surface area contributed by atoms with Crippen LogP contribution in [0.5, 0.6) is 11.5 Å². The van der Waals surface area contributed by atoms with Gasteiger partial charge in [-0.05, 0) is 103 Å². The monoisotopic (exact) mass is 525 g/mol. The van der Waals surface area contributed by atoms with Gasteiger partial charge in [0, 0.05) is 30.4 Å². The highest BCUT2D eigenvalue weighted by molar-refractivity contribution is 5.80. The van der Waals surface area contributed by atoms with Gasteiger partial charge in [0.2, 0.25) is 0 Å². The summed E-state index contributed by atoms with van der Waals surface area (Å²) in [6, 6.07) is 23.7. The summed E-state index contributed by atoms with van der Waals surface area (Å²) in [5.74, 6) is 2.88. The molecule has 1 N–H and O–H groups in total. The second kappa shape index (κ2) is 11.3. The minimum Gasteiger partial charge on any atom is -0.497 e. The first kappa shape index (κ1) is 25.8. The van der Waals surface area contributed by atoms with Gasteiger partial charge in [-0.25, -0.2) is 0 Å². The van der Waals surface area contributed by atoms with E-state index in [2.05, 4.69) is 59.5 Å². The van der Waals surface area contributed by atoms with Gasteiger partial charge < -0.3 is 19.5 Å². The van der Waals surface area contributed by atoms with Crippen LogP contribution in [0.2, 0.25) is 0 Å². The fourth-order valence-electron chi connectivity index (χ4n) is 6.13. The molecule has 3 aromatic rings. The number of piperidine rings is 1. The fourth-order valence-corrected chi connectivity index (χ4v) is 6.13. The molecule has 1 heterocycles. The fraction of sp³-hybridized carbons (Fsp3) is 0.441. The number of ether oxygens (including phenoxy) is 2. The maximum Gasteiger partial charge on any atom is 0.303 e. The normalized spacial score (nSPS) is 18.5. The number of aliphatic carboxylic acids is 1. The summed E-state index contributed by atoms with van der Waals surface area (Å²) >= 11 is 0. The Morgan fingerprint density at radius 2 is 1.69 bits per heavy atom. The van der Waals surface area contributed by atoms with Gasteiger partial charge in [-0.1, -0.05) is 36.4 Å². The summed E-state index contributed by atoms with van der Waals surface area (Å²) in [6.07, 6.45) is 7.24. The van der Waals surface area contributed by atoms with E-state index < -0.39 is 5.97 Å². The van der Waals surface area contributed by atoms with E-state index >= 15 is 0 Å². The van der Waals surface area contributed by atoms with Gasteiger partial charge in [-0.15, -0.1) is 0 Å². The van der Waals surface area contributed by atoms with Gasteiger partial charge in [-0.2, -0.15) is 0 Å². The van der Waals surface area contributed by atoms with Crippen LogP contribution in [-0.4, -0.2) is 37.9 Å². The van der Waals surface area contributed by atoms with Gasteiger partial charge >= 0.3 is 5.97 Å². The minimum atomic E-state index is -0.723. The molecule has 1 aliphatic heterocycles. The first-order valence-electron chi connectivity index (χ1n) is 14.5. The van der Waals surface area contributed by atoms with Crippen LogP contribution in [0, 0.1) is 11.8 Å². The van der Waals surface area contributed by atoms with Crippen LogP contribution < -0.4 is 14.4 Å². The molecule has 3 aliphatic rings. The molecule has 204 valence electrons. The largest absolute Gasteiger partial charge is 0.497 e. The lowest BCUT2D eigenvalue weighted by Gasteiger charge is -2.35. The average molecular weight is 526 g/mol. The molecule has 2 aliphatic carbocycles. The van der Waals surface area contributed by atoms with Crippen molar-refractivity contribution in [2.24, 2.45) is 11.8 Å². The van der Waals surface area contributed by atoms with Crippen molar-refractivity contribution in [3.8, 4) is 22.6 Å². The van der Waals surface area contributed by atoms with Crippen LogP contribution in [0.4, 0.5) is 5.69 Å². The Labute approximate surface area is 231 Å². The van der Waals surface area contributed by atoms with Crippen LogP contribution in [0.25, 0.3) is 11.1 Å². The van der Waals surface area contributed by atoms with Crippen molar-refractivity contribution in [1.29, 1.82) is 0 Å². The van der Waals surface area contributed by atoms with E-state index in [9.17, 15) is 9.90 Å². The molecule has 5 heteroatoms. The third-order valence-electron chi connectivity index (χ3n) is 8.79. The molecular formula is C34H39NO4. The first-order chi connectivity index (χ1) is 19.1. The van der Waals surface area contributed by atoms with E-state index in [1.165, 1.54) is 35.2 Å². The lowest BCUT2D eigenvalue weighted by atomic mass is 9.91. The zero-order chi connectivity index (χ0) is 26.8. The van der Waals surface area contributed by atoms with Crippen molar-refractivity contribution in [3.05, 3.63) is 77.9 Å². The van der Waals surface area contributed by atoms with E-state index in [-0.39, 0.29) is 12.3 Å². The van der Waals surface area contributed by atoms with Crippen LogP contribution >= 0.6 is 0 Å². The summed E-state index contributed by atoms with van der Waals surface area (Å²) in [7, 11) is 1.73. The predicted molar refractivity (Wildman–Crippen MR) is 155 cm³/mol. The van der Waals surface area contributed by atoms with Gasteiger partial charge in [0.25, 0.3) is 0 Å². The van der Waals surface area contributed by atoms with Gasteiger partial charge in [0.05, 0.1) is 20.1 Å². The zero-order valence-corrected chi connectivity index (χ0v) is 22.9. The topological polar surface area (TPSA) is 59.0 Å². The number of carboxylic acid groups (broad SMARTS) is 1. The van der Waals surface area contributed by atoms with Crippen molar-refractivity contribution < 1.29 is 19.4 Å². The summed E-state index contributed by atoms with van der Waals surface area (Å²) in [6.45, 7) is 2.66. The molecule has 6 rings (SSSR count). The highest BCUT2D eigenvalue weighted by atomic mass is 16.5. The predicted octanol–water partition coefficient (Wildman–Crippen LogP) is 7.50. The van der Waals surface area contributed by atoms with E-state index in [0.29, 0.717) is 18.4 Å². The number of methoxy groups -OCH3 is 1. The smallest absolute Gasteiger partial charge is 0.303 e. The number of carbonyl (C=O) groups is 1. The maximum absolute atomic E-state index is 11.4. The van der Waals surface area contributed by atoms with Crippen molar-refractivity contribution >= 4 is 11.7 Å². The summed E-state index contributed by atoms with van der Waals surface area (Å²) in [4.78, 5) is 13.9. The molecular weight excluding hydrogens is 486 g/mol. The Hall–Kier alpha value is -3.47. The summed E-state index contributed by atoms with van der Waals surface area (Å²) in [5.41, 5.74) is 6.32. The number of anilines is 1. The molecule has 0 amide bonds. The van der Waals surface area contributed by atoms with Crippen LogP contribution in [-0.2, 0) is 4.79 Å². The SMILES string of the molecule is COc1ccc(-c2ccc(C3CC3)cc2)c(N2CCC(COc3cccc([C@@H](CC(=O)O)C4CC4)c3)CC2)c1. The number of nitrogens with zero attached hydrogens (tertiary/aromatic N) is 1.